The number of aromatic nitrogens is 2. The highest BCUT2D eigenvalue weighted by atomic mass is 16.4. The van der Waals surface area contributed by atoms with E-state index < -0.39 is 0 Å². The Balaban J connectivity index is 2.28. The molecular weight excluding hydrogens is 204 g/mol. The summed E-state index contributed by atoms with van der Waals surface area (Å²) in [5.74, 6) is 2.51. The molecule has 80 valence electrons. The number of hydrogen-bond donors (Lipinski definition) is 1. The molecule has 0 radical (unpaired) electrons. The average molecular weight is 214 g/mol. The minimum atomic E-state index is 0.332. The molecule has 5 heteroatoms. The van der Waals surface area contributed by atoms with E-state index in [-0.39, 0.29) is 0 Å². The van der Waals surface area contributed by atoms with Crippen LogP contribution in [0.4, 0.5) is 11.7 Å². The number of nitrogens with zero attached hydrogens (tertiary/aromatic N) is 3. The predicted octanol–water partition coefficient (Wildman–Crippen LogP) is 2.30. The van der Waals surface area contributed by atoms with Crippen molar-refractivity contribution in [3.05, 3.63) is 35.5 Å². The third kappa shape index (κ3) is 2.17. The fourth-order valence-electron chi connectivity index (χ4n) is 1.32. The maximum absolute atomic E-state index is 8.77. The van der Waals surface area contributed by atoms with Crippen molar-refractivity contribution in [3.63, 3.8) is 0 Å². The fraction of sp³-hybridized carbons (Fsp3) is 0.182. The van der Waals surface area contributed by atoms with Gasteiger partial charge in [-0.1, -0.05) is 0 Å². The molecule has 2 aromatic rings. The van der Waals surface area contributed by atoms with Crippen molar-refractivity contribution in [1.29, 1.82) is 5.26 Å². The fourth-order valence-corrected chi connectivity index (χ4v) is 1.32. The lowest BCUT2D eigenvalue weighted by atomic mass is 10.4. The lowest BCUT2D eigenvalue weighted by Crippen LogP contribution is -1.98. The normalized spacial score (nSPS) is 9.81. The van der Waals surface area contributed by atoms with Crippen molar-refractivity contribution in [2.45, 2.75) is 13.8 Å². The van der Waals surface area contributed by atoms with Gasteiger partial charge in [0.15, 0.2) is 5.88 Å². The molecule has 0 saturated carbocycles. The molecule has 0 fully saturated rings. The SMILES string of the molecule is Cc1nc(C#N)cc(Nc2ccc(C)o2)n1. The van der Waals surface area contributed by atoms with E-state index in [1.54, 1.807) is 19.1 Å². The Bertz CT molecular complexity index is 553. The van der Waals surface area contributed by atoms with Crippen molar-refractivity contribution >= 4 is 11.7 Å². The minimum Gasteiger partial charge on any atom is -0.446 e. The molecule has 0 saturated heterocycles. The first-order chi connectivity index (χ1) is 7.67. The van der Waals surface area contributed by atoms with Crippen molar-refractivity contribution in [2.24, 2.45) is 0 Å². The molecule has 0 amide bonds. The molecule has 5 nitrogen and oxygen atoms in total. The van der Waals surface area contributed by atoms with E-state index >= 15 is 0 Å². The lowest BCUT2D eigenvalue weighted by Gasteiger charge is -2.02. The predicted molar refractivity (Wildman–Crippen MR) is 58.2 cm³/mol. The quantitative estimate of drug-likeness (QED) is 0.830. The molecule has 0 aliphatic carbocycles. The summed E-state index contributed by atoms with van der Waals surface area (Å²) in [7, 11) is 0. The smallest absolute Gasteiger partial charge is 0.198 e. The molecule has 0 aliphatic rings. The van der Waals surface area contributed by atoms with Gasteiger partial charge in [0.25, 0.3) is 0 Å². The molecule has 0 aliphatic heterocycles. The van der Waals surface area contributed by atoms with Crippen LogP contribution >= 0.6 is 0 Å². The lowest BCUT2D eigenvalue weighted by molar-refractivity contribution is 0.551. The van der Waals surface area contributed by atoms with Crippen LogP contribution in [0.25, 0.3) is 0 Å². The molecule has 0 atom stereocenters. The van der Waals surface area contributed by atoms with Crippen LogP contribution in [0.2, 0.25) is 0 Å². The van der Waals surface area contributed by atoms with Gasteiger partial charge in [-0.25, -0.2) is 9.97 Å². The number of rotatable bonds is 2. The van der Waals surface area contributed by atoms with Crippen LogP contribution in [0.5, 0.6) is 0 Å². The number of nitrogens with one attached hydrogen (secondary N) is 1. The molecule has 0 bridgehead atoms. The van der Waals surface area contributed by atoms with Gasteiger partial charge in [0.05, 0.1) is 0 Å². The van der Waals surface area contributed by atoms with Crippen molar-refractivity contribution in [1.82, 2.24) is 9.97 Å². The van der Waals surface area contributed by atoms with Crippen LogP contribution in [-0.2, 0) is 0 Å². The summed E-state index contributed by atoms with van der Waals surface area (Å²) in [5, 5.41) is 11.7. The van der Waals surface area contributed by atoms with E-state index in [9.17, 15) is 0 Å². The Morgan fingerprint density at radius 1 is 1.31 bits per heavy atom. The van der Waals surface area contributed by atoms with E-state index in [0.29, 0.717) is 23.2 Å². The van der Waals surface area contributed by atoms with Crippen LogP contribution in [0, 0.1) is 25.2 Å². The molecule has 2 aromatic heterocycles. The number of nitriles is 1. The largest absolute Gasteiger partial charge is 0.446 e. The molecular formula is C11H10N4O. The van der Waals surface area contributed by atoms with Crippen molar-refractivity contribution in [3.8, 4) is 6.07 Å². The molecule has 2 heterocycles. The summed E-state index contributed by atoms with van der Waals surface area (Å²) >= 11 is 0. The zero-order chi connectivity index (χ0) is 11.5. The maximum Gasteiger partial charge on any atom is 0.198 e. The first kappa shape index (κ1) is 10.2. The summed E-state index contributed by atoms with van der Waals surface area (Å²) in [5.41, 5.74) is 0.332. The molecule has 0 spiro atoms. The van der Waals surface area contributed by atoms with Crippen LogP contribution < -0.4 is 5.32 Å². The monoisotopic (exact) mass is 214 g/mol. The first-order valence-corrected chi connectivity index (χ1v) is 4.76. The highest BCUT2D eigenvalue weighted by molar-refractivity contribution is 5.51. The van der Waals surface area contributed by atoms with Gasteiger partial charge in [-0.15, -0.1) is 0 Å². The van der Waals surface area contributed by atoms with E-state index in [1.807, 2.05) is 19.1 Å². The molecule has 16 heavy (non-hydrogen) atoms. The summed E-state index contributed by atoms with van der Waals surface area (Å²) in [4.78, 5) is 8.11. The molecule has 0 unspecified atom stereocenters. The number of hydrogen-bond acceptors (Lipinski definition) is 5. The zero-order valence-electron chi connectivity index (χ0n) is 8.98. The van der Waals surface area contributed by atoms with E-state index in [4.69, 9.17) is 9.68 Å². The first-order valence-electron chi connectivity index (χ1n) is 4.76. The van der Waals surface area contributed by atoms with Gasteiger partial charge < -0.3 is 9.73 Å². The van der Waals surface area contributed by atoms with Crippen LogP contribution in [0.15, 0.2) is 22.6 Å². The highest BCUT2D eigenvalue weighted by Crippen LogP contribution is 2.17. The van der Waals surface area contributed by atoms with Crippen molar-refractivity contribution in [2.75, 3.05) is 5.32 Å². The van der Waals surface area contributed by atoms with Gasteiger partial charge in [0.1, 0.15) is 29.2 Å². The number of anilines is 2. The third-order valence-corrected chi connectivity index (χ3v) is 1.94. The van der Waals surface area contributed by atoms with Crippen LogP contribution in [0.3, 0.4) is 0 Å². The summed E-state index contributed by atoms with van der Waals surface area (Å²) in [6.07, 6.45) is 0. The van der Waals surface area contributed by atoms with Gasteiger partial charge in [-0.3, -0.25) is 0 Å². The Morgan fingerprint density at radius 3 is 2.75 bits per heavy atom. The van der Waals surface area contributed by atoms with Gasteiger partial charge in [-0.2, -0.15) is 5.26 Å². The maximum atomic E-state index is 8.77. The van der Waals surface area contributed by atoms with E-state index in [2.05, 4.69) is 15.3 Å². The average Bonchev–Trinajstić information content (AvgIpc) is 2.63. The van der Waals surface area contributed by atoms with Crippen molar-refractivity contribution < 1.29 is 4.42 Å². The second-order valence-corrected chi connectivity index (χ2v) is 3.33. The number of furan rings is 1. The Labute approximate surface area is 92.8 Å². The standard InChI is InChI=1S/C11H10N4O/c1-7-3-4-11(16-7)15-10-5-9(6-12)13-8(2)14-10/h3-5H,1-2H3,(H,13,14,15). The topological polar surface area (TPSA) is 74.7 Å². The number of aryl methyl sites for hydroxylation is 2. The molecule has 2 rings (SSSR count). The van der Waals surface area contributed by atoms with Crippen LogP contribution in [-0.4, -0.2) is 9.97 Å². The second-order valence-electron chi connectivity index (χ2n) is 3.33. The van der Waals surface area contributed by atoms with Crippen LogP contribution in [0.1, 0.15) is 17.3 Å². The minimum absolute atomic E-state index is 0.332. The highest BCUT2D eigenvalue weighted by Gasteiger charge is 2.03. The van der Waals surface area contributed by atoms with E-state index in [1.165, 1.54) is 0 Å². The van der Waals surface area contributed by atoms with Gasteiger partial charge >= 0.3 is 0 Å². The Hall–Kier alpha value is -2.35. The van der Waals surface area contributed by atoms with Gasteiger partial charge in [0, 0.05) is 12.1 Å². The van der Waals surface area contributed by atoms with E-state index in [0.717, 1.165) is 5.76 Å². The summed E-state index contributed by atoms with van der Waals surface area (Å²) < 4.78 is 5.35. The third-order valence-electron chi connectivity index (χ3n) is 1.94. The van der Waals surface area contributed by atoms with Gasteiger partial charge in [-0.05, 0) is 19.9 Å². The summed E-state index contributed by atoms with van der Waals surface area (Å²) in [6.45, 7) is 3.59. The molecule has 1 N–H and O–H groups in total. The second kappa shape index (κ2) is 4.03. The zero-order valence-corrected chi connectivity index (χ0v) is 8.98. The molecule has 0 aromatic carbocycles. The summed E-state index contributed by atoms with van der Waals surface area (Å²) in [6, 6.07) is 7.20. The van der Waals surface area contributed by atoms with Gasteiger partial charge in [0.2, 0.25) is 0 Å². The Morgan fingerprint density at radius 2 is 2.12 bits per heavy atom. The Kier molecular flexibility index (Phi) is 2.56.